The van der Waals surface area contributed by atoms with E-state index in [0.717, 1.165) is 4.85 Å². The predicted molar refractivity (Wildman–Crippen MR) is 97.2 cm³/mol. The molecule has 3 aromatic rings. The summed E-state index contributed by atoms with van der Waals surface area (Å²) in [4.78, 5) is 56.3. The lowest BCUT2D eigenvalue weighted by molar-refractivity contribution is -0.123. The minimum atomic E-state index is -1.15. The predicted octanol–water partition coefficient (Wildman–Crippen LogP) is 0.239. The van der Waals surface area contributed by atoms with Crippen LogP contribution in [-0.2, 0) is 4.79 Å². The fourth-order valence-corrected chi connectivity index (χ4v) is 2.86. The maximum Gasteiger partial charge on any atom is 0.456 e. The van der Waals surface area contributed by atoms with Crippen molar-refractivity contribution in [3.8, 4) is 0 Å². The van der Waals surface area contributed by atoms with Crippen LogP contribution in [0.5, 0.6) is 0 Å². The van der Waals surface area contributed by atoms with E-state index in [1.165, 1.54) is 19.2 Å². The van der Waals surface area contributed by atoms with Crippen LogP contribution in [0.25, 0.3) is 11.0 Å². The highest BCUT2D eigenvalue weighted by Gasteiger charge is 2.43. The molecule has 29 heavy (non-hydrogen) atoms. The number of imide groups is 1. The summed E-state index contributed by atoms with van der Waals surface area (Å²) in [7, 11) is 1.36. The molecule has 0 aliphatic carbocycles. The minimum Gasteiger partial charge on any atom is -0.358 e. The van der Waals surface area contributed by atoms with Gasteiger partial charge in [-0.2, -0.15) is 10.0 Å². The van der Waals surface area contributed by atoms with E-state index in [1.807, 2.05) is 0 Å². The molecule has 0 radical (unpaired) electrons. The Morgan fingerprint density at radius 1 is 1.03 bits per heavy atom. The quantitative estimate of drug-likeness (QED) is 0.496. The standard InChI is InChI=1S/C18H14N6O5/c1-19-15(25)10-22(23-16(26)11-6-2-3-7-12(11)17(23)27)18(28)29-24-14-9-5-4-8-13(14)20-21-24/h2-9H,10H2,1H3,(H,19,25). The number of fused-ring (bicyclic) bond motifs is 2. The zero-order valence-corrected chi connectivity index (χ0v) is 15.1. The fourth-order valence-electron chi connectivity index (χ4n) is 2.86. The first-order valence-electron chi connectivity index (χ1n) is 8.50. The molecule has 4 rings (SSSR count). The van der Waals surface area contributed by atoms with Crippen molar-refractivity contribution in [2.24, 2.45) is 0 Å². The summed E-state index contributed by atoms with van der Waals surface area (Å²) in [5, 5.41) is 11.1. The minimum absolute atomic E-state index is 0.124. The molecule has 0 spiro atoms. The van der Waals surface area contributed by atoms with Crippen LogP contribution in [-0.4, -0.2) is 62.6 Å². The summed E-state index contributed by atoms with van der Waals surface area (Å²) in [6.45, 7) is -0.618. The molecular formula is C18H14N6O5. The summed E-state index contributed by atoms with van der Waals surface area (Å²) < 4.78 is 0. The molecule has 1 N–H and O–H groups in total. The molecule has 1 aliphatic rings. The van der Waals surface area contributed by atoms with Crippen LogP contribution in [0.3, 0.4) is 0 Å². The van der Waals surface area contributed by atoms with Gasteiger partial charge in [-0.3, -0.25) is 19.2 Å². The van der Waals surface area contributed by atoms with Gasteiger partial charge in [0.2, 0.25) is 5.91 Å². The van der Waals surface area contributed by atoms with Crippen molar-refractivity contribution in [1.82, 2.24) is 30.5 Å². The van der Waals surface area contributed by atoms with Gasteiger partial charge in [0.05, 0.1) is 11.1 Å². The number of nitrogens with one attached hydrogen (secondary N) is 1. The van der Waals surface area contributed by atoms with Crippen molar-refractivity contribution in [3.63, 3.8) is 0 Å². The third-order valence-electron chi connectivity index (χ3n) is 4.28. The Morgan fingerprint density at radius 3 is 2.31 bits per heavy atom. The Kier molecular flexibility index (Phi) is 4.39. The van der Waals surface area contributed by atoms with Crippen molar-refractivity contribution in [3.05, 3.63) is 59.7 Å². The van der Waals surface area contributed by atoms with Crippen LogP contribution in [0.15, 0.2) is 48.5 Å². The van der Waals surface area contributed by atoms with E-state index in [-0.39, 0.29) is 11.1 Å². The molecule has 0 fully saturated rings. The second kappa shape index (κ2) is 7.03. The van der Waals surface area contributed by atoms with E-state index in [2.05, 4.69) is 15.6 Å². The third-order valence-corrected chi connectivity index (χ3v) is 4.28. The van der Waals surface area contributed by atoms with Crippen LogP contribution >= 0.6 is 0 Å². The van der Waals surface area contributed by atoms with Gasteiger partial charge in [-0.15, -0.1) is 5.10 Å². The molecule has 0 bridgehead atoms. The molecule has 0 unspecified atom stereocenters. The molecule has 1 aromatic heterocycles. The largest absolute Gasteiger partial charge is 0.456 e. The number of aromatic nitrogens is 3. The molecule has 2 heterocycles. The Labute approximate surface area is 163 Å². The number of benzene rings is 2. The lowest BCUT2D eigenvalue weighted by atomic mass is 10.1. The van der Waals surface area contributed by atoms with Crippen molar-refractivity contribution in [2.45, 2.75) is 0 Å². The summed E-state index contributed by atoms with van der Waals surface area (Å²) in [6, 6.07) is 12.8. The van der Waals surface area contributed by atoms with Crippen LogP contribution in [0.4, 0.5) is 4.79 Å². The van der Waals surface area contributed by atoms with Crippen LogP contribution in [0.1, 0.15) is 20.7 Å². The SMILES string of the molecule is CNC(=O)CN(C(=O)On1nnc2ccccc21)N1C(=O)c2ccccc2C1=O. The zero-order valence-electron chi connectivity index (χ0n) is 15.1. The highest BCUT2D eigenvalue weighted by Crippen LogP contribution is 2.24. The Morgan fingerprint density at radius 2 is 1.66 bits per heavy atom. The molecule has 11 heteroatoms. The summed E-state index contributed by atoms with van der Waals surface area (Å²) in [5.41, 5.74) is 1.11. The normalized spacial score (nSPS) is 12.8. The topological polar surface area (TPSA) is 127 Å². The van der Waals surface area contributed by atoms with Gasteiger partial charge in [-0.1, -0.05) is 29.1 Å². The molecule has 2 aromatic carbocycles. The number of rotatable bonds is 4. The van der Waals surface area contributed by atoms with Crippen LogP contribution in [0, 0.1) is 0 Å². The van der Waals surface area contributed by atoms with Gasteiger partial charge in [0, 0.05) is 7.05 Å². The first-order chi connectivity index (χ1) is 14.0. The van der Waals surface area contributed by atoms with Crippen LogP contribution in [0.2, 0.25) is 0 Å². The molecule has 0 saturated heterocycles. The van der Waals surface area contributed by atoms with Gasteiger partial charge in [0.25, 0.3) is 11.8 Å². The number of nitrogens with zero attached hydrogens (tertiary/aromatic N) is 5. The number of hydrogen-bond acceptors (Lipinski definition) is 7. The average molecular weight is 394 g/mol. The number of hydrazine groups is 1. The van der Waals surface area contributed by atoms with E-state index in [9.17, 15) is 19.2 Å². The van der Waals surface area contributed by atoms with Gasteiger partial charge in [-0.05, 0) is 29.5 Å². The number of hydrogen-bond donors (Lipinski definition) is 1. The average Bonchev–Trinajstić information content (AvgIpc) is 3.25. The lowest BCUT2D eigenvalue weighted by Crippen LogP contribution is -2.55. The maximum atomic E-state index is 12.8. The number of carbonyl (C=O) groups excluding carboxylic acids is 4. The smallest absolute Gasteiger partial charge is 0.358 e. The van der Waals surface area contributed by atoms with Crippen molar-refractivity contribution < 1.29 is 24.0 Å². The van der Waals surface area contributed by atoms with Crippen molar-refractivity contribution in [1.29, 1.82) is 0 Å². The number of carbonyl (C=O) groups is 4. The Hall–Kier alpha value is -4.28. The maximum absolute atomic E-state index is 12.8. The van der Waals surface area contributed by atoms with E-state index in [0.29, 0.717) is 21.1 Å². The first kappa shape index (κ1) is 18.1. The summed E-state index contributed by atoms with van der Waals surface area (Å²) >= 11 is 0. The second-order valence-corrected chi connectivity index (χ2v) is 6.01. The summed E-state index contributed by atoms with van der Waals surface area (Å²) in [6.07, 6.45) is -1.15. The van der Waals surface area contributed by atoms with Gasteiger partial charge >= 0.3 is 6.09 Å². The summed E-state index contributed by atoms with van der Waals surface area (Å²) in [5.74, 6) is -2.09. The second-order valence-electron chi connectivity index (χ2n) is 6.01. The highest BCUT2D eigenvalue weighted by atomic mass is 16.7. The zero-order chi connectivity index (χ0) is 20.5. The first-order valence-corrected chi connectivity index (χ1v) is 8.50. The van der Waals surface area contributed by atoms with Gasteiger partial charge in [-0.25, -0.2) is 4.79 Å². The molecule has 146 valence electrons. The van der Waals surface area contributed by atoms with E-state index in [4.69, 9.17) is 4.84 Å². The fraction of sp³-hybridized carbons (Fsp3) is 0.111. The molecule has 1 aliphatic heterocycles. The van der Waals surface area contributed by atoms with Gasteiger partial charge in [0.15, 0.2) is 0 Å². The molecule has 0 atom stereocenters. The van der Waals surface area contributed by atoms with E-state index in [1.54, 1.807) is 36.4 Å². The Balaban J connectivity index is 1.67. The number of likely N-dealkylation sites (N-methyl/N-ethyl adjacent to an activating group) is 1. The van der Waals surface area contributed by atoms with Crippen molar-refractivity contribution in [2.75, 3.05) is 13.6 Å². The number of amides is 4. The van der Waals surface area contributed by atoms with Gasteiger partial charge < -0.3 is 5.32 Å². The number of para-hydroxylation sites is 1. The van der Waals surface area contributed by atoms with Crippen LogP contribution < -0.4 is 10.2 Å². The molecule has 4 amide bonds. The van der Waals surface area contributed by atoms with E-state index >= 15 is 0 Å². The monoisotopic (exact) mass is 394 g/mol. The highest BCUT2D eigenvalue weighted by molar-refractivity contribution is 6.21. The van der Waals surface area contributed by atoms with E-state index < -0.39 is 30.4 Å². The molecule has 0 saturated carbocycles. The molecular weight excluding hydrogens is 380 g/mol. The molecule has 11 nitrogen and oxygen atoms in total. The lowest BCUT2D eigenvalue weighted by Gasteiger charge is -2.27. The van der Waals surface area contributed by atoms with Crippen molar-refractivity contribution >= 4 is 34.8 Å². The Bertz CT molecular complexity index is 1120. The third kappa shape index (κ3) is 3.04. The van der Waals surface area contributed by atoms with Gasteiger partial charge in [0.1, 0.15) is 17.6 Å².